The zero-order valence-corrected chi connectivity index (χ0v) is 15.6. The van der Waals surface area contributed by atoms with Crippen LogP contribution in [0.3, 0.4) is 0 Å². The average Bonchev–Trinajstić information content (AvgIpc) is 3.21. The van der Waals surface area contributed by atoms with Crippen molar-refractivity contribution in [3.63, 3.8) is 0 Å². The molecule has 2 aliphatic heterocycles. The highest BCUT2D eigenvalue weighted by Gasteiger charge is 2.41. The Morgan fingerprint density at radius 1 is 1.00 bits per heavy atom. The normalized spacial score (nSPS) is 22.8. The van der Waals surface area contributed by atoms with Gasteiger partial charge in [0.25, 0.3) is 0 Å². The van der Waals surface area contributed by atoms with Crippen molar-refractivity contribution in [1.29, 1.82) is 5.26 Å². The summed E-state index contributed by atoms with van der Waals surface area (Å²) in [4.78, 5) is 13.2. The third-order valence-electron chi connectivity index (χ3n) is 5.66. The minimum Gasteiger partial charge on any atom is -0.454 e. The Balaban J connectivity index is 1.59. The van der Waals surface area contributed by atoms with E-state index in [0.29, 0.717) is 35.7 Å². The monoisotopic (exact) mass is 386 g/mol. The fraction of sp³-hybridized carbons (Fsp3) is 0.217. The number of ketones is 1. The van der Waals surface area contributed by atoms with Crippen molar-refractivity contribution in [2.45, 2.75) is 24.7 Å². The number of fused-ring (bicyclic) bond motifs is 1. The molecule has 2 heterocycles. The van der Waals surface area contributed by atoms with Crippen molar-refractivity contribution in [3.8, 4) is 17.6 Å². The second-order valence-corrected chi connectivity index (χ2v) is 7.31. The van der Waals surface area contributed by atoms with E-state index in [1.165, 1.54) is 0 Å². The molecule has 6 heteroatoms. The first-order valence-corrected chi connectivity index (χ1v) is 9.44. The van der Waals surface area contributed by atoms with E-state index in [0.717, 1.165) is 11.1 Å². The molecular weight excluding hydrogens is 368 g/mol. The molecule has 144 valence electrons. The smallest absolute Gasteiger partial charge is 0.231 e. The van der Waals surface area contributed by atoms with Crippen LogP contribution in [0.5, 0.6) is 11.5 Å². The summed E-state index contributed by atoms with van der Waals surface area (Å²) in [7, 11) is 0. The van der Waals surface area contributed by atoms with Crippen molar-refractivity contribution in [3.05, 3.63) is 82.4 Å². The Hall–Kier alpha value is -3.72. The Morgan fingerprint density at radius 3 is 2.59 bits per heavy atom. The van der Waals surface area contributed by atoms with Gasteiger partial charge in [0.2, 0.25) is 12.7 Å². The Morgan fingerprint density at radius 2 is 1.79 bits per heavy atom. The summed E-state index contributed by atoms with van der Waals surface area (Å²) in [5.74, 6) is 1.27. The van der Waals surface area contributed by atoms with E-state index < -0.39 is 5.92 Å². The summed E-state index contributed by atoms with van der Waals surface area (Å²) >= 11 is 0. The van der Waals surface area contributed by atoms with E-state index in [2.05, 4.69) is 6.07 Å². The summed E-state index contributed by atoms with van der Waals surface area (Å²) in [5, 5.41) is 9.74. The summed E-state index contributed by atoms with van der Waals surface area (Å²) in [6, 6.07) is 17.5. The van der Waals surface area contributed by atoms with Crippen LogP contribution in [0.25, 0.3) is 0 Å². The van der Waals surface area contributed by atoms with Gasteiger partial charge in [-0.1, -0.05) is 36.4 Å². The van der Waals surface area contributed by atoms with E-state index in [1.807, 2.05) is 42.5 Å². The summed E-state index contributed by atoms with van der Waals surface area (Å²) in [6.45, 7) is 0.154. The second kappa shape index (κ2) is 6.71. The van der Waals surface area contributed by atoms with Crippen LogP contribution in [-0.4, -0.2) is 12.6 Å². The summed E-state index contributed by atoms with van der Waals surface area (Å²) in [5.41, 5.74) is 8.71. The highest BCUT2D eigenvalue weighted by molar-refractivity contribution is 6.00. The highest BCUT2D eigenvalue weighted by atomic mass is 16.7. The number of allylic oxidation sites excluding steroid dienone is 3. The van der Waals surface area contributed by atoms with E-state index in [1.54, 1.807) is 6.07 Å². The molecule has 2 N–H and O–H groups in total. The molecule has 0 amide bonds. The Labute approximate surface area is 167 Å². The van der Waals surface area contributed by atoms with E-state index in [4.69, 9.17) is 19.9 Å². The van der Waals surface area contributed by atoms with Crippen LogP contribution in [0.1, 0.15) is 35.8 Å². The maximum atomic E-state index is 13.2. The van der Waals surface area contributed by atoms with Gasteiger partial charge in [-0.3, -0.25) is 4.79 Å². The first-order chi connectivity index (χ1) is 14.2. The maximum absolute atomic E-state index is 13.2. The van der Waals surface area contributed by atoms with E-state index in [9.17, 15) is 10.1 Å². The molecule has 29 heavy (non-hydrogen) atoms. The molecule has 2 aromatic rings. The zero-order chi connectivity index (χ0) is 20.0. The third kappa shape index (κ3) is 2.83. The molecule has 5 rings (SSSR count). The van der Waals surface area contributed by atoms with Crippen LogP contribution >= 0.6 is 0 Å². The number of hydrogen-bond donors (Lipinski definition) is 1. The topological polar surface area (TPSA) is 94.6 Å². The number of ether oxygens (including phenoxy) is 3. The molecule has 0 radical (unpaired) electrons. The van der Waals surface area contributed by atoms with Crippen LogP contribution in [0.2, 0.25) is 0 Å². The number of benzene rings is 2. The van der Waals surface area contributed by atoms with Crippen LogP contribution in [-0.2, 0) is 9.53 Å². The first kappa shape index (κ1) is 17.4. The van der Waals surface area contributed by atoms with Gasteiger partial charge in [-0.25, -0.2) is 0 Å². The number of carbonyl (C=O) groups excluding carboxylic acids is 1. The molecule has 0 spiro atoms. The summed E-state index contributed by atoms with van der Waals surface area (Å²) in [6.07, 6.45) is 0.928. The molecule has 0 saturated carbocycles. The van der Waals surface area contributed by atoms with Crippen molar-refractivity contribution in [2.24, 2.45) is 5.73 Å². The quantitative estimate of drug-likeness (QED) is 0.847. The van der Waals surface area contributed by atoms with Gasteiger partial charge in [-0.05, 0) is 29.2 Å². The van der Waals surface area contributed by atoms with Crippen LogP contribution in [0.15, 0.2) is 71.3 Å². The Kier molecular flexibility index (Phi) is 4.02. The van der Waals surface area contributed by atoms with Gasteiger partial charge in [0, 0.05) is 18.4 Å². The molecule has 0 unspecified atom stereocenters. The molecule has 0 fully saturated rings. The molecule has 2 aromatic carbocycles. The number of nitrogens with zero attached hydrogens (tertiary/aromatic N) is 1. The van der Waals surface area contributed by atoms with Crippen molar-refractivity contribution < 1.29 is 19.0 Å². The molecular formula is C23H18N2O4. The number of rotatable bonds is 2. The van der Waals surface area contributed by atoms with Crippen LogP contribution in [0, 0.1) is 11.3 Å². The maximum Gasteiger partial charge on any atom is 0.231 e. The molecule has 1 aliphatic carbocycles. The minimum atomic E-state index is -0.567. The van der Waals surface area contributed by atoms with Gasteiger partial charge < -0.3 is 19.9 Å². The number of Topliss-reactive ketones (excluding diaryl/α,β-unsaturated/α-hetero) is 1. The number of carbonyl (C=O) groups is 1. The summed E-state index contributed by atoms with van der Waals surface area (Å²) < 4.78 is 16.7. The number of nitrogens with two attached hydrogens (primary N) is 1. The standard InChI is InChI=1S/C23H18N2O4/c24-11-16-21(14-6-7-18-19(9-14)28-12-27-18)22-17(26)8-15(10-20(22)29-23(16)25)13-4-2-1-3-5-13/h1-7,9,15,21H,8,10,12,25H2/t15-,21+/m1/s1. The average molecular weight is 386 g/mol. The third-order valence-corrected chi connectivity index (χ3v) is 5.66. The highest BCUT2D eigenvalue weighted by Crippen LogP contribution is 2.48. The molecule has 0 bridgehead atoms. The predicted octanol–water partition coefficient (Wildman–Crippen LogP) is 3.62. The van der Waals surface area contributed by atoms with Crippen molar-refractivity contribution in [2.75, 3.05) is 6.79 Å². The molecule has 0 aromatic heterocycles. The van der Waals surface area contributed by atoms with E-state index >= 15 is 0 Å². The predicted molar refractivity (Wildman–Crippen MR) is 104 cm³/mol. The Bertz CT molecular complexity index is 1110. The lowest BCUT2D eigenvalue weighted by atomic mass is 9.73. The van der Waals surface area contributed by atoms with Gasteiger partial charge >= 0.3 is 0 Å². The molecule has 6 nitrogen and oxygen atoms in total. The lowest BCUT2D eigenvalue weighted by molar-refractivity contribution is -0.117. The lowest BCUT2D eigenvalue weighted by Crippen LogP contribution is -2.29. The van der Waals surface area contributed by atoms with Gasteiger partial charge in [-0.2, -0.15) is 5.26 Å². The van der Waals surface area contributed by atoms with Gasteiger partial charge in [0.05, 0.1) is 5.92 Å². The number of hydrogen-bond acceptors (Lipinski definition) is 6. The van der Waals surface area contributed by atoms with E-state index in [-0.39, 0.29) is 30.0 Å². The lowest BCUT2D eigenvalue weighted by Gasteiger charge is -2.34. The van der Waals surface area contributed by atoms with Crippen LogP contribution < -0.4 is 15.2 Å². The minimum absolute atomic E-state index is 0.0243. The van der Waals surface area contributed by atoms with Crippen molar-refractivity contribution >= 4 is 5.78 Å². The van der Waals surface area contributed by atoms with Crippen molar-refractivity contribution in [1.82, 2.24) is 0 Å². The SMILES string of the molecule is N#CC1=C(N)OC2=C(C(=O)C[C@@H](c3ccccc3)C2)[C@H]1c1ccc2c(c1)OCO2. The number of nitriles is 1. The second-order valence-electron chi connectivity index (χ2n) is 7.31. The van der Waals surface area contributed by atoms with Crippen LogP contribution in [0.4, 0.5) is 0 Å². The largest absolute Gasteiger partial charge is 0.454 e. The van der Waals surface area contributed by atoms with Gasteiger partial charge in [0.15, 0.2) is 17.3 Å². The fourth-order valence-electron chi connectivity index (χ4n) is 4.29. The molecule has 3 aliphatic rings. The van der Waals surface area contributed by atoms with Gasteiger partial charge in [0.1, 0.15) is 17.4 Å². The molecule has 2 atom stereocenters. The first-order valence-electron chi connectivity index (χ1n) is 9.44. The van der Waals surface area contributed by atoms with Gasteiger partial charge in [-0.15, -0.1) is 0 Å². The molecule has 0 saturated heterocycles. The zero-order valence-electron chi connectivity index (χ0n) is 15.6. The fourth-order valence-corrected chi connectivity index (χ4v) is 4.29.